The molecule has 0 unspecified atom stereocenters. The first-order valence-electron chi connectivity index (χ1n) is 3.65. The number of carboxylic acid groups (broad SMARTS) is 1. The van der Waals surface area contributed by atoms with Crippen LogP contribution in [0.4, 0.5) is 0 Å². The van der Waals surface area contributed by atoms with Gasteiger partial charge in [0.05, 0.1) is 5.60 Å². The highest BCUT2D eigenvalue weighted by molar-refractivity contribution is 5.80. The topological polar surface area (TPSA) is 83.5 Å². The smallest absolute Gasteiger partial charge is 0.326 e. The van der Waals surface area contributed by atoms with Gasteiger partial charge in [-0.2, -0.15) is 0 Å². The summed E-state index contributed by atoms with van der Waals surface area (Å²) in [5.41, 5.74) is 2.84. The third-order valence-electron chi connectivity index (χ3n) is 2.58. The van der Waals surface area contributed by atoms with Crippen LogP contribution >= 0.6 is 0 Å². The second-order valence-corrected chi connectivity index (χ2v) is 3.40. The molecular formula is C7H13NO3. The minimum atomic E-state index is -1.44. The van der Waals surface area contributed by atoms with Crippen LogP contribution in [0.5, 0.6) is 0 Å². The summed E-state index contributed by atoms with van der Waals surface area (Å²) >= 11 is 0. The second-order valence-electron chi connectivity index (χ2n) is 3.40. The molecule has 64 valence electrons. The van der Waals surface area contributed by atoms with E-state index < -0.39 is 17.1 Å². The van der Waals surface area contributed by atoms with E-state index in [1.54, 1.807) is 0 Å². The van der Waals surface area contributed by atoms with Gasteiger partial charge in [-0.3, -0.25) is 4.79 Å². The highest BCUT2D eigenvalue weighted by Gasteiger charge is 2.53. The van der Waals surface area contributed by atoms with Crippen molar-refractivity contribution in [3.05, 3.63) is 0 Å². The van der Waals surface area contributed by atoms with E-state index in [1.807, 2.05) is 0 Å². The molecule has 1 aliphatic carbocycles. The van der Waals surface area contributed by atoms with Crippen molar-refractivity contribution in [1.29, 1.82) is 0 Å². The molecule has 0 aromatic carbocycles. The molecular weight excluding hydrogens is 146 g/mol. The first-order chi connectivity index (χ1) is 4.90. The molecule has 1 saturated carbocycles. The average molecular weight is 159 g/mol. The Labute approximate surface area is 65.0 Å². The molecule has 1 aliphatic rings. The van der Waals surface area contributed by atoms with Gasteiger partial charge in [0.1, 0.15) is 5.54 Å². The minimum Gasteiger partial charge on any atom is -0.480 e. The Kier molecular flexibility index (Phi) is 1.69. The van der Waals surface area contributed by atoms with Crippen molar-refractivity contribution in [2.24, 2.45) is 5.73 Å². The molecule has 0 heterocycles. The molecule has 4 N–H and O–H groups in total. The van der Waals surface area contributed by atoms with Crippen molar-refractivity contribution in [1.82, 2.24) is 0 Å². The third-order valence-corrected chi connectivity index (χ3v) is 2.58. The SMILES string of the molecule is C[C@@]1(O)CCC[C@]1(N)C(=O)O. The van der Waals surface area contributed by atoms with Gasteiger partial charge >= 0.3 is 5.97 Å². The van der Waals surface area contributed by atoms with Gasteiger partial charge in [-0.15, -0.1) is 0 Å². The lowest BCUT2D eigenvalue weighted by Gasteiger charge is -2.32. The van der Waals surface area contributed by atoms with Crippen LogP contribution in [-0.2, 0) is 4.79 Å². The number of nitrogens with two attached hydrogens (primary N) is 1. The van der Waals surface area contributed by atoms with Crippen molar-refractivity contribution in [3.8, 4) is 0 Å². The Balaban J connectivity index is 2.93. The number of aliphatic hydroxyl groups is 1. The Morgan fingerprint density at radius 2 is 2.09 bits per heavy atom. The maximum absolute atomic E-state index is 10.7. The second kappa shape index (κ2) is 2.19. The van der Waals surface area contributed by atoms with Crippen LogP contribution < -0.4 is 5.73 Å². The van der Waals surface area contributed by atoms with Gasteiger partial charge in [0.25, 0.3) is 0 Å². The summed E-state index contributed by atoms with van der Waals surface area (Å²) in [6, 6.07) is 0. The van der Waals surface area contributed by atoms with Crippen LogP contribution in [0.25, 0.3) is 0 Å². The van der Waals surface area contributed by atoms with Gasteiger partial charge in [0, 0.05) is 0 Å². The fourth-order valence-corrected chi connectivity index (χ4v) is 1.54. The van der Waals surface area contributed by atoms with Gasteiger partial charge in [-0.25, -0.2) is 0 Å². The van der Waals surface area contributed by atoms with Crippen LogP contribution in [0.3, 0.4) is 0 Å². The lowest BCUT2D eigenvalue weighted by Crippen LogP contribution is -2.60. The molecule has 0 amide bonds. The third kappa shape index (κ3) is 1.02. The van der Waals surface area contributed by atoms with Crippen LogP contribution in [-0.4, -0.2) is 27.3 Å². The predicted molar refractivity (Wildman–Crippen MR) is 39.0 cm³/mol. The summed E-state index contributed by atoms with van der Waals surface area (Å²) in [6.07, 6.45) is 1.50. The molecule has 0 radical (unpaired) electrons. The van der Waals surface area contributed by atoms with Crippen molar-refractivity contribution < 1.29 is 15.0 Å². The first-order valence-corrected chi connectivity index (χ1v) is 3.65. The van der Waals surface area contributed by atoms with Crippen LogP contribution in [0.15, 0.2) is 0 Å². The molecule has 4 nitrogen and oxygen atoms in total. The van der Waals surface area contributed by atoms with Gasteiger partial charge in [-0.1, -0.05) is 0 Å². The fraction of sp³-hybridized carbons (Fsp3) is 0.857. The van der Waals surface area contributed by atoms with Crippen LogP contribution in [0, 0.1) is 0 Å². The number of hydrogen-bond donors (Lipinski definition) is 3. The van der Waals surface area contributed by atoms with Crippen molar-refractivity contribution in [2.75, 3.05) is 0 Å². The number of rotatable bonds is 1. The highest BCUT2D eigenvalue weighted by Crippen LogP contribution is 2.37. The zero-order chi connectivity index (χ0) is 8.70. The zero-order valence-corrected chi connectivity index (χ0v) is 6.50. The van der Waals surface area contributed by atoms with Crippen molar-refractivity contribution >= 4 is 5.97 Å². The minimum absolute atomic E-state index is 0.356. The Bertz CT molecular complexity index is 190. The zero-order valence-electron chi connectivity index (χ0n) is 6.50. The number of carboxylic acids is 1. The standard InChI is InChI=1S/C7H13NO3/c1-6(11)3-2-4-7(6,8)5(9)10/h11H,2-4,8H2,1H3,(H,9,10)/t6-,7+/m1/s1. The Morgan fingerprint density at radius 3 is 2.27 bits per heavy atom. The van der Waals surface area contributed by atoms with Crippen LogP contribution in [0.2, 0.25) is 0 Å². The van der Waals surface area contributed by atoms with Crippen molar-refractivity contribution in [3.63, 3.8) is 0 Å². The van der Waals surface area contributed by atoms with Crippen LogP contribution in [0.1, 0.15) is 26.2 Å². The lowest BCUT2D eigenvalue weighted by molar-refractivity contribution is -0.151. The monoisotopic (exact) mass is 159 g/mol. The van der Waals surface area contributed by atoms with E-state index in [9.17, 15) is 9.90 Å². The molecule has 0 aromatic heterocycles. The summed E-state index contributed by atoms with van der Waals surface area (Å²) in [4.78, 5) is 10.7. The largest absolute Gasteiger partial charge is 0.480 e. The molecule has 0 bridgehead atoms. The number of aliphatic carboxylic acids is 1. The van der Waals surface area contributed by atoms with E-state index in [-0.39, 0.29) is 0 Å². The average Bonchev–Trinajstić information content (AvgIpc) is 2.09. The molecule has 1 rings (SSSR count). The molecule has 0 spiro atoms. The molecule has 0 aliphatic heterocycles. The maximum atomic E-state index is 10.7. The molecule has 1 fully saturated rings. The van der Waals surface area contributed by atoms with E-state index in [2.05, 4.69) is 0 Å². The maximum Gasteiger partial charge on any atom is 0.326 e. The molecule has 2 atom stereocenters. The quantitative estimate of drug-likeness (QED) is 0.490. The van der Waals surface area contributed by atoms with Crippen molar-refractivity contribution in [2.45, 2.75) is 37.3 Å². The number of hydrogen-bond acceptors (Lipinski definition) is 3. The fourth-order valence-electron chi connectivity index (χ4n) is 1.54. The summed E-state index contributed by atoms with van der Waals surface area (Å²) in [5, 5.41) is 18.3. The highest BCUT2D eigenvalue weighted by atomic mass is 16.4. The summed E-state index contributed by atoms with van der Waals surface area (Å²) in [5.74, 6) is -1.11. The van der Waals surface area contributed by atoms with E-state index in [0.29, 0.717) is 19.3 Å². The Hall–Kier alpha value is -0.610. The first kappa shape index (κ1) is 8.49. The summed E-state index contributed by atoms with van der Waals surface area (Å²) < 4.78 is 0. The normalized spacial score (nSPS) is 44.3. The molecule has 4 heteroatoms. The molecule has 0 aromatic rings. The van der Waals surface area contributed by atoms with Gasteiger partial charge in [0.2, 0.25) is 0 Å². The van der Waals surface area contributed by atoms with Gasteiger partial charge in [-0.05, 0) is 26.2 Å². The summed E-state index contributed by atoms with van der Waals surface area (Å²) in [6.45, 7) is 1.48. The molecule has 11 heavy (non-hydrogen) atoms. The van der Waals surface area contributed by atoms with E-state index in [0.717, 1.165) is 0 Å². The molecule has 0 saturated heterocycles. The van der Waals surface area contributed by atoms with E-state index >= 15 is 0 Å². The van der Waals surface area contributed by atoms with E-state index in [1.165, 1.54) is 6.92 Å². The Morgan fingerprint density at radius 1 is 1.55 bits per heavy atom. The van der Waals surface area contributed by atoms with Gasteiger partial charge in [0.15, 0.2) is 0 Å². The summed E-state index contributed by atoms with van der Waals surface area (Å²) in [7, 11) is 0. The lowest BCUT2D eigenvalue weighted by atomic mass is 9.85. The predicted octanol–water partition coefficient (Wildman–Crippen LogP) is -0.297. The number of carbonyl (C=O) groups is 1. The van der Waals surface area contributed by atoms with Gasteiger partial charge < -0.3 is 15.9 Å². The van der Waals surface area contributed by atoms with E-state index in [4.69, 9.17) is 10.8 Å².